The van der Waals surface area contributed by atoms with Crippen LogP contribution in [0.5, 0.6) is 0 Å². The van der Waals surface area contributed by atoms with Gasteiger partial charge >= 0.3 is 0 Å². The van der Waals surface area contributed by atoms with Crippen molar-refractivity contribution in [1.82, 2.24) is 0 Å². The van der Waals surface area contributed by atoms with Crippen molar-refractivity contribution >= 4 is 7.85 Å². The van der Waals surface area contributed by atoms with Crippen molar-refractivity contribution in [2.75, 3.05) is 0 Å². The Labute approximate surface area is 64.4 Å². The molecular weight excluding hydrogens is 119 g/mol. The number of hydrogen-bond acceptors (Lipinski definition) is 0. The van der Waals surface area contributed by atoms with E-state index >= 15 is 0 Å². The quantitative estimate of drug-likeness (QED) is 0.480. The molecule has 1 aliphatic rings. The van der Waals surface area contributed by atoms with Crippen molar-refractivity contribution < 1.29 is 0 Å². The topological polar surface area (TPSA) is 0 Å². The highest BCUT2D eigenvalue weighted by molar-refractivity contribution is 6.21. The average Bonchev–Trinajstić information content (AvgIpc) is 1.88. The van der Waals surface area contributed by atoms with Crippen molar-refractivity contribution in [2.24, 2.45) is 5.92 Å². The molecule has 2 radical (unpaired) electrons. The summed E-state index contributed by atoms with van der Waals surface area (Å²) in [6.45, 7) is 4.45. The van der Waals surface area contributed by atoms with E-state index < -0.39 is 0 Å². The molecule has 0 spiro atoms. The summed E-state index contributed by atoms with van der Waals surface area (Å²) in [4.78, 5) is 0. The van der Waals surface area contributed by atoms with Gasteiger partial charge in [0.2, 0.25) is 0 Å². The molecule has 0 aliphatic heterocycles. The van der Waals surface area contributed by atoms with Crippen LogP contribution in [-0.4, -0.2) is 7.85 Å². The van der Waals surface area contributed by atoms with Crippen LogP contribution in [0.15, 0.2) is 23.2 Å². The molecule has 0 amide bonds. The van der Waals surface area contributed by atoms with Crippen molar-refractivity contribution in [1.29, 1.82) is 0 Å². The lowest BCUT2D eigenvalue weighted by molar-refractivity contribution is 0.707. The molecule has 0 aromatic heterocycles. The molecule has 0 aromatic carbocycles. The maximum Gasteiger partial charge on any atom is 0.107 e. The molecule has 1 rings (SSSR count). The Bertz CT molecular complexity index is 175. The fourth-order valence-corrected chi connectivity index (χ4v) is 1.15. The van der Waals surface area contributed by atoms with Gasteiger partial charge in [-0.3, -0.25) is 0 Å². The van der Waals surface area contributed by atoms with Crippen LogP contribution in [0.1, 0.15) is 26.7 Å². The molecule has 1 aliphatic carbocycles. The summed E-state index contributed by atoms with van der Waals surface area (Å²) in [5.41, 5.74) is 2.54. The Hall–Kier alpha value is -0.455. The summed E-state index contributed by atoms with van der Waals surface area (Å²) in [5, 5.41) is 0. The molecule has 10 heavy (non-hydrogen) atoms. The van der Waals surface area contributed by atoms with Gasteiger partial charge in [-0.1, -0.05) is 31.6 Å². The molecule has 0 heterocycles. The fourth-order valence-electron chi connectivity index (χ4n) is 1.15. The summed E-state index contributed by atoms with van der Waals surface area (Å²) in [7, 11) is 5.61. The molecule has 52 valence electrons. The minimum absolute atomic E-state index is 0.685. The minimum Gasteiger partial charge on any atom is -0.117 e. The van der Waals surface area contributed by atoms with Gasteiger partial charge in [-0.05, 0) is 18.8 Å². The second kappa shape index (κ2) is 3.09. The fraction of sp³-hybridized carbons (Fsp3) is 0.556. The van der Waals surface area contributed by atoms with Gasteiger partial charge in [-0.25, -0.2) is 0 Å². The van der Waals surface area contributed by atoms with Crippen LogP contribution in [-0.2, 0) is 0 Å². The van der Waals surface area contributed by atoms with Crippen molar-refractivity contribution in [3.8, 4) is 0 Å². The first-order valence-corrected chi connectivity index (χ1v) is 3.85. The molecule has 1 heteroatoms. The van der Waals surface area contributed by atoms with E-state index in [0.717, 1.165) is 18.3 Å². The Morgan fingerprint density at radius 3 is 2.40 bits per heavy atom. The van der Waals surface area contributed by atoms with Gasteiger partial charge in [0.05, 0.1) is 0 Å². The van der Waals surface area contributed by atoms with Gasteiger partial charge in [0.15, 0.2) is 0 Å². The predicted octanol–water partition coefficient (Wildman–Crippen LogP) is 2.42. The van der Waals surface area contributed by atoms with E-state index in [2.05, 4.69) is 19.9 Å². The third-order valence-corrected chi connectivity index (χ3v) is 1.96. The monoisotopic (exact) mass is 132 g/mol. The van der Waals surface area contributed by atoms with Crippen LogP contribution in [0.3, 0.4) is 0 Å². The number of hydrogen-bond donors (Lipinski definition) is 0. The summed E-state index contributed by atoms with van der Waals surface area (Å²) < 4.78 is 0. The van der Waals surface area contributed by atoms with Crippen molar-refractivity contribution in [3.05, 3.63) is 23.2 Å². The number of rotatable bonds is 1. The molecule has 0 nitrogen and oxygen atoms in total. The van der Waals surface area contributed by atoms with Crippen LogP contribution in [0, 0.1) is 5.92 Å². The molecule has 0 atom stereocenters. The lowest BCUT2D eigenvalue weighted by atomic mass is 9.83. The highest BCUT2D eigenvalue weighted by atomic mass is 14.1. The SMILES string of the molecule is [B]C1=CC=C(C(C)C)CC1. The Morgan fingerprint density at radius 2 is 2.00 bits per heavy atom. The zero-order valence-electron chi connectivity index (χ0n) is 6.72. The lowest BCUT2D eigenvalue weighted by Gasteiger charge is -2.14. The molecule has 0 aromatic rings. The third kappa shape index (κ3) is 1.76. The molecule has 0 unspecified atom stereocenters. The third-order valence-electron chi connectivity index (χ3n) is 1.96. The van der Waals surface area contributed by atoms with Gasteiger partial charge in [0.1, 0.15) is 7.85 Å². The van der Waals surface area contributed by atoms with E-state index in [1.54, 1.807) is 0 Å². The summed E-state index contributed by atoms with van der Waals surface area (Å²) in [5.74, 6) is 0.685. The van der Waals surface area contributed by atoms with Crippen LogP contribution < -0.4 is 0 Å². The molecule has 0 fully saturated rings. The van der Waals surface area contributed by atoms with Gasteiger partial charge in [-0.15, -0.1) is 5.47 Å². The van der Waals surface area contributed by atoms with E-state index in [0.29, 0.717) is 5.92 Å². The van der Waals surface area contributed by atoms with Crippen molar-refractivity contribution in [2.45, 2.75) is 26.7 Å². The second-order valence-corrected chi connectivity index (χ2v) is 3.14. The van der Waals surface area contributed by atoms with E-state index in [1.165, 1.54) is 5.57 Å². The minimum atomic E-state index is 0.685. The van der Waals surface area contributed by atoms with Crippen LogP contribution >= 0.6 is 0 Å². The summed E-state index contributed by atoms with van der Waals surface area (Å²) >= 11 is 0. The first kappa shape index (κ1) is 7.65. The molecule has 0 saturated carbocycles. The molecule has 0 saturated heterocycles. The first-order chi connectivity index (χ1) is 4.70. The number of allylic oxidation sites excluding steroid dienone is 4. The van der Waals surface area contributed by atoms with Crippen LogP contribution in [0.4, 0.5) is 0 Å². The Balaban J connectivity index is 2.64. The predicted molar refractivity (Wildman–Crippen MR) is 46.0 cm³/mol. The molecule has 0 bridgehead atoms. The summed E-state index contributed by atoms with van der Waals surface area (Å²) in [6, 6.07) is 0. The zero-order valence-corrected chi connectivity index (χ0v) is 6.72. The highest BCUT2D eigenvalue weighted by Crippen LogP contribution is 2.22. The van der Waals surface area contributed by atoms with E-state index in [1.807, 2.05) is 6.08 Å². The second-order valence-electron chi connectivity index (χ2n) is 3.14. The van der Waals surface area contributed by atoms with Gasteiger partial charge in [0.25, 0.3) is 0 Å². The van der Waals surface area contributed by atoms with E-state index in [4.69, 9.17) is 7.85 Å². The highest BCUT2D eigenvalue weighted by Gasteiger charge is 2.05. The van der Waals surface area contributed by atoms with E-state index in [-0.39, 0.29) is 0 Å². The normalized spacial score (nSPS) is 18.7. The average molecular weight is 132 g/mol. The molecule has 0 N–H and O–H groups in total. The largest absolute Gasteiger partial charge is 0.117 e. The van der Waals surface area contributed by atoms with Gasteiger partial charge in [0, 0.05) is 0 Å². The Kier molecular flexibility index (Phi) is 2.36. The van der Waals surface area contributed by atoms with Crippen molar-refractivity contribution in [3.63, 3.8) is 0 Å². The van der Waals surface area contributed by atoms with Gasteiger partial charge in [-0.2, -0.15) is 0 Å². The lowest BCUT2D eigenvalue weighted by Crippen LogP contribution is -1.99. The molecular formula is C9H13B. The maximum atomic E-state index is 5.61. The first-order valence-electron chi connectivity index (χ1n) is 3.85. The van der Waals surface area contributed by atoms with E-state index in [9.17, 15) is 0 Å². The summed E-state index contributed by atoms with van der Waals surface area (Å²) in [6.07, 6.45) is 6.38. The van der Waals surface area contributed by atoms with Crippen LogP contribution in [0.2, 0.25) is 0 Å². The standard InChI is InChI=1S/C9H13B/c1-7(2)8-3-5-9(10)6-4-8/h3,5,7H,4,6H2,1-2H3. The van der Waals surface area contributed by atoms with Gasteiger partial charge < -0.3 is 0 Å². The smallest absolute Gasteiger partial charge is 0.107 e. The zero-order chi connectivity index (χ0) is 7.56. The Morgan fingerprint density at radius 1 is 1.30 bits per heavy atom. The maximum absolute atomic E-state index is 5.61. The van der Waals surface area contributed by atoms with Crippen LogP contribution in [0.25, 0.3) is 0 Å².